The first-order valence-electron chi connectivity index (χ1n) is 4.95. The van der Waals surface area contributed by atoms with Gasteiger partial charge in [0.15, 0.2) is 0 Å². The van der Waals surface area contributed by atoms with Crippen LogP contribution in [0.2, 0.25) is 0 Å². The zero-order chi connectivity index (χ0) is 11.1. The summed E-state index contributed by atoms with van der Waals surface area (Å²) in [5.74, 6) is -0.314. The van der Waals surface area contributed by atoms with Gasteiger partial charge in [0, 0.05) is 19.6 Å². The van der Waals surface area contributed by atoms with Gasteiger partial charge in [0.2, 0.25) is 0 Å². The number of imide groups is 1. The molecule has 2 saturated heterocycles. The summed E-state index contributed by atoms with van der Waals surface area (Å²) < 4.78 is 5.18. The topological polar surface area (TPSA) is 78.9 Å². The van der Waals surface area contributed by atoms with Crippen molar-refractivity contribution in [2.45, 2.75) is 25.0 Å². The number of nitrogens with zero attached hydrogens (tertiary/aromatic N) is 1. The van der Waals surface area contributed by atoms with E-state index < -0.39 is 17.7 Å². The van der Waals surface area contributed by atoms with Gasteiger partial charge < -0.3 is 14.7 Å². The number of aliphatic hydroxyl groups excluding tert-OH is 1. The molecule has 2 N–H and O–H groups in total. The Hall–Kier alpha value is -1.14. The first kappa shape index (κ1) is 10.4. The number of hydrogen-bond acceptors (Lipinski definition) is 4. The molecule has 3 amide bonds. The monoisotopic (exact) mass is 214 g/mol. The Morgan fingerprint density at radius 1 is 1.67 bits per heavy atom. The van der Waals surface area contributed by atoms with Crippen molar-refractivity contribution in [1.82, 2.24) is 10.2 Å². The maximum Gasteiger partial charge on any atom is 0.325 e. The first-order valence-corrected chi connectivity index (χ1v) is 4.95. The Morgan fingerprint density at radius 3 is 2.93 bits per heavy atom. The standard InChI is InChI=1S/C9H14N2O4/c1-6(12)4-11-8(14)10-7(13)9(11)2-3-15-5-9/h6,12H,2-5H2,1H3,(H,10,13,14). The van der Waals surface area contributed by atoms with Crippen LogP contribution in [-0.4, -0.2) is 53.3 Å². The van der Waals surface area contributed by atoms with Crippen LogP contribution in [0.15, 0.2) is 0 Å². The molecule has 2 unspecified atom stereocenters. The van der Waals surface area contributed by atoms with Crippen LogP contribution >= 0.6 is 0 Å². The number of β-amino-alcohol motifs (C(OH)–C–C–N with tert-alkyl or cyclic N) is 1. The minimum absolute atomic E-state index is 0.154. The van der Waals surface area contributed by atoms with E-state index in [0.717, 1.165) is 0 Å². The van der Waals surface area contributed by atoms with Crippen molar-refractivity contribution in [3.8, 4) is 0 Å². The maximum atomic E-state index is 11.7. The van der Waals surface area contributed by atoms with E-state index in [1.165, 1.54) is 4.90 Å². The van der Waals surface area contributed by atoms with Crippen LogP contribution in [0.1, 0.15) is 13.3 Å². The Labute approximate surface area is 87.2 Å². The van der Waals surface area contributed by atoms with Gasteiger partial charge in [0.25, 0.3) is 5.91 Å². The Balaban J connectivity index is 2.24. The van der Waals surface area contributed by atoms with Gasteiger partial charge in [0.05, 0.1) is 12.7 Å². The third kappa shape index (κ3) is 1.49. The minimum atomic E-state index is -0.881. The maximum absolute atomic E-state index is 11.7. The largest absolute Gasteiger partial charge is 0.392 e. The fraction of sp³-hybridized carbons (Fsp3) is 0.778. The molecule has 1 spiro atoms. The second kappa shape index (κ2) is 3.46. The number of amides is 3. The summed E-state index contributed by atoms with van der Waals surface area (Å²) in [6.45, 7) is 2.43. The number of carbonyl (C=O) groups excluding carboxylic acids is 2. The van der Waals surface area contributed by atoms with E-state index in [2.05, 4.69) is 5.32 Å². The van der Waals surface area contributed by atoms with Gasteiger partial charge in [-0.2, -0.15) is 0 Å². The average Bonchev–Trinajstić information content (AvgIpc) is 2.69. The molecule has 2 heterocycles. The third-order valence-electron chi connectivity index (χ3n) is 2.85. The number of ether oxygens (including phenoxy) is 1. The van der Waals surface area contributed by atoms with E-state index in [9.17, 15) is 14.7 Å². The number of aliphatic hydroxyl groups is 1. The fourth-order valence-electron chi connectivity index (χ4n) is 2.07. The van der Waals surface area contributed by atoms with Crippen LogP contribution in [0.5, 0.6) is 0 Å². The van der Waals surface area contributed by atoms with Gasteiger partial charge >= 0.3 is 6.03 Å². The molecule has 2 aliphatic rings. The summed E-state index contributed by atoms with van der Waals surface area (Å²) in [7, 11) is 0. The SMILES string of the molecule is CC(O)CN1C(=O)NC(=O)C12CCOC2. The minimum Gasteiger partial charge on any atom is -0.392 e. The molecule has 15 heavy (non-hydrogen) atoms. The Kier molecular flexibility index (Phi) is 2.40. The van der Waals surface area contributed by atoms with E-state index >= 15 is 0 Å². The van der Waals surface area contributed by atoms with E-state index in [1.807, 2.05) is 0 Å². The quantitative estimate of drug-likeness (QED) is 0.582. The van der Waals surface area contributed by atoms with Crippen LogP contribution < -0.4 is 5.32 Å². The van der Waals surface area contributed by atoms with Gasteiger partial charge in [-0.25, -0.2) is 4.79 Å². The van der Waals surface area contributed by atoms with E-state index in [4.69, 9.17) is 4.74 Å². The van der Waals surface area contributed by atoms with Crippen LogP contribution in [0.3, 0.4) is 0 Å². The highest BCUT2D eigenvalue weighted by molar-refractivity contribution is 6.07. The predicted molar refractivity (Wildman–Crippen MR) is 50.1 cm³/mol. The smallest absolute Gasteiger partial charge is 0.325 e. The molecule has 0 aromatic carbocycles. The normalized spacial score (nSPS) is 32.5. The predicted octanol–water partition coefficient (Wildman–Crippen LogP) is -0.922. The highest BCUT2D eigenvalue weighted by Gasteiger charge is 2.55. The van der Waals surface area contributed by atoms with Gasteiger partial charge in [-0.3, -0.25) is 10.1 Å². The van der Waals surface area contributed by atoms with Crippen LogP contribution in [0.4, 0.5) is 4.79 Å². The average molecular weight is 214 g/mol. The molecule has 84 valence electrons. The van der Waals surface area contributed by atoms with Gasteiger partial charge in [-0.05, 0) is 6.92 Å². The van der Waals surface area contributed by atoms with Crippen molar-refractivity contribution >= 4 is 11.9 Å². The Bertz CT molecular complexity index is 296. The first-order chi connectivity index (χ1) is 7.06. The molecular formula is C9H14N2O4. The number of hydrogen-bond donors (Lipinski definition) is 2. The lowest BCUT2D eigenvalue weighted by Crippen LogP contribution is -2.52. The fourth-order valence-corrected chi connectivity index (χ4v) is 2.07. The lowest BCUT2D eigenvalue weighted by Gasteiger charge is -2.30. The van der Waals surface area contributed by atoms with E-state index in [1.54, 1.807) is 6.92 Å². The van der Waals surface area contributed by atoms with Crippen molar-refractivity contribution in [3.63, 3.8) is 0 Å². The second-order valence-corrected chi connectivity index (χ2v) is 4.05. The molecule has 6 heteroatoms. The van der Waals surface area contributed by atoms with Crippen LogP contribution in [0.25, 0.3) is 0 Å². The number of nitrogens with one attached hydrogen (secondary N) is 1. The number of carbonyl (C=O) groups is 2. The van der Waals surface area contributed by atoms with Crippen molar-refractivity contribution in [3.05, 3.63) is 0 Å². The third-order valence-corrected chi connectivity index (χ3v) is 2.85. The molecule has 0 aromatic rings. The van der Waals surface area contributed by atoms with Gasteiger partial charge in [0.1, 0.15) is 5.54 Å². The summed E-state index contributed by atoms with van der Waals surface area (Å²) in [6.07, 6.45) is -0.156. The summed E-state index contributed by atoms with van der Waals surface area (Å²) in [5, 5.41) is 11.5. The van der Waals surface area contributed by atoms with Gasteiger partial charge in [-0.15, -0.1) is 0 Å². The molecule has 6 nitrogen and oxygen atoms in total. The lowest BCUT2D eigenvalue weighted by molar-refractivity contribution is -0.127. The molecule has 0 aliphatic carbocycles. The summed E-state index contributed by atoms with van der Waals surface area (Å²) >= 11 is 0. The highest BCUT2D eigenvalue weighted by atomic mass is 16.5. The van der Waals surface area contributed by atoms with E-state index in [-0.39, 0.29) is 19.1 Å². The second-order valence-electron chi connectivity index (χ2n) is 4.05. The summed E-state index contributed by atoms with van der Waals surface area (Å²) in [4.78, 5) is 24.6. The number of rotatable bonds is 2. The molecule has 0 aromatic heterocycles. The molecular weight excluding hydrogens is 200 g/mol. The van der Waals surface area contributed by atoms with Crippen molar-refractivity contribution in [1.29, 1.82) is 0 Å². The molecule has 2 fully saturated rings. The van der Waals surface area contributed by atoms with Crippen LogP contribution in [-0.2, 0) is 9.53 Å². The van der Waals surface area contributed by atoms with Crippen molar-refractivity contribution in [2.75, 3.05) is 19.8 Å². The van der Waals surface area contributed by atoms with Crippen molar-refractivity contribution < 1.29 is 19.4 Å². The zero-order valence-electron chi connectivity index (χ0n) is 8.52. The summed E-state index contributed by atoms with van der Waals surface area (Å²) in [6, 6.07) is -0.439. The van der Waals surface area contributed by atoms with Crippen LogP contribution in [0, 0.1) is 0 Å². The van der Waals surface area contributed by atoms with Gasteiger partial charge in [-0.1, -0.05) is 0 Å². The summed E-state index contributed by atoms with van der Waals surface area (Å²) in [5.41, 5.74) is -0.881. The number of urea groups is 1. The lowest BCUT2D eigenvalue weighted by atomic mass is 9.97. The molecule has 0 saturated carbocycles. The molecule has 2 aliphatic heterocycles. The van der Waals surface area contributed by atoms with E-state index in [0.29, 0.717) is 13.0 Å². The molecule has 2 rings (SSSR count). The zero-order valence-corrected chi connectivity index (χ0v) is 8.52. The Morgan fingerprint density at radius 2 is 2.40 bits per heavy atom. The molecule has 0 radical (unpaired) electrons. The molecule has 0 bridgehead atoms. The highest BCUT2D eigenvalue weighted by Crippen LogP contribution is 2.30. The van der Waals surface area contributed by atoms with Crippen molar-refractivity contribution in [2.24, 2.45) is 0 Å². The molecule has 2 atom stereocenters.